The number of piperidine rings is 1. The third kappa shape index (κ3) is 2.80. The van der Waals surface area contributed by atoms with Gasteiger partial charge in [-0.2, -0.15) is 0 Å². The quantitative estimate of drug-likeness (QED) is 0.874. The molecule has 0 saturated carbocycles. The second kappa shape index (κ2) is 6.29. The van der Waals surface area contributed by atoms with Crippen LogP contribution in [-0.2, 0) is 6.54 Å². The minimum atomic E-state index is -0.676. The van der Waals surface area contributed by atoms with Crippen molar-refractivity contribution in [2.45, 2.75) is 18.9 Å². The molecule has 7 heteroatoms. The van der Waals surface area contributed by atoms with E-state index in [9.17, 15) is 14.4 Å². The molecule has 1 aromatic carbocycles. The fraction of sp³-hybridized carbons (Fsp3) is 0.316. The highest BCUT2D eigenvalue weighted by Crippen LogP contribution is 2.35. The van der Waals surface area contributed by atoms with Crippen LogP contribution in [-0.4, -0.2) is 34.4 Å². The Morgan fingerprint density at radius 2 is 1.88 bits per heavy atom. The number of fused-ring (bicyclic) bond motifs is 4. The number of hydrogen-bond donors (Lipinski definition) is 1. The third-order valence-corrected chi connectivity index (χ3v) is 5.48. The molecule has 2 amide bonds. The number of aromatic nitrogens is 1. The monoisotopic (exact) mass is 371 g/mol. The van der Waals surface area contributed by atoms with Crippen LogP contribution >= 0.6 is 11.6 Å². The van der Waals surface area contributed by atoms with E-state index in [-0.39, 0.29) is 34.4 Å². The van der Waals surface area contributed by atoms with Crippen LogP contribution in [0.3, 0.4) is 0 Å². The average Bonchev–Trinajstić information content (AvgIpc) is 2.62. The van der Waals surface area contributed by atoms with Gasteiger partial charge >= 0.3 is 0 Å². The largest absolute Gasteiger partial charge is 0.366 e. The van der Waals surface area contributed by atoms with E-state index in [1.165, 1.54) is 6.07 Å². The number of carbonyl (C=O) groups is 2. The number of halogens is 1. The van der Waals surface area contributed by atoms with Crippen LogP contribution in [0.15, 0.2) is 41.2 Å². The number of amides is 2. The number of pyridine rings is 1. The number of hydrogen-bond acceptors (Lipinski definition) is 3. The van der Waals surface area contributed by atoms with Crippen LogP contribution in [0.5, 0.6) is 0 Å². The number of rotatable bonds is 2. The van der Waals surface area contributed by atoms with Gasteiger partial charge in [0.1, 0.15) is 0 Å². The van der Waals surface area contributed by atoms with Gasteiger partial charge in [0.25, 0.3) is 11.5 Å². The molecule has 6 nitrogen and oxygen atoms in total. The molecule has 4 rings (SSSR count). The summed E-state index contributed by atoms with van der Waals surface area (Å²) in [5, 5.41) is 0.360. The van der Waals surface area contributed by atoms with E-state index in [1.54, 1.807) is 29.2 Å². The Morgan fingerprint density at radius 3 is 2.65 bits per heavy atom. The van der Waals surface area contributed by atoms with Crippen molar-refractivity contribution in [3.8, 4) is 0 Å². The minimum Gasteiger partial charge on any atom is -0.366 e. The summed E-state index contributed by atoms with van der Waals surface area (Å²) >= 11 is 5.94. The van der Waals surface area contributed by atoms with Crippen LogP contribution < -0.4 is 11.3 Å². The molecule has 2 aliphatic rings. The van der Waals surface area contributed by atoms with Gasteiger partial charge in [0.15, 0.2) is 0 Å². The zero-order chi connectivity index (χ0) is 18.4. The predicted molar refractivity (Wildman–Crippen MR) is 97.4 cm³/mol. The Morgan fingerprint density at radius 1 is 1.08 bits per heavy atom. The Balaban J connectivity index is 1.66. The van der Waals surface area contributed by atoms with Gasteiger partial charge in [0.05, 0.1) is 11.1 Å². The molecule has 1 saturated heterocycles. The van der Waals surface area contributed by atoms with Crippen LogP contribution in [0.1, 0.15) is 38.7 Å². The molecule has 0 radical (unpaired) electrons. The van der Waals surface area contributed by atoms with E-state index in [1.807, 2.05) is 10.6 Å². The highest BCUT2D eigenvalue weighted by molar-refractivity contribution is 6.31. The number of primary amides is 1. The first kappa shape index (κ1) is 16.8. The molecule has 134 valence electrons. The summed E-state index contributed by atoms with van der Waals surface area (Å²) in [6, 6.07) is 9.85. The summed E-state index contributed by atoms with van der Waals surface area (Å²) in [4.78, 5) is 38.6. The first-order valence-electron chi connectivity index (χ1n) is 8.52. The molecule has 0 aliphatic carbocycles. The van der Waals surface area contributed by atoms with E-state index in [4.69, 9.17) is 17.3 Å². The summed E-state index contributed by atoms with van der Waals surface area (Å²) < 4.78 is 1.82. The molecule has 1 fully saturated rings. The first-order chi connectivity index (χ1) is 12.4. The molecule has 2 unspecified atom stereocenters. The second-order valence-electron chi connectivity index (χ2n) is 6.96. The molecular formula is C19H18ClN3O3. The van der Waals surface area contributed by atoms with Crippen molar-refractivity contribution in [2.24, 2.45) is 11.7 Å². The molecule has 2 bridgehead atoms. The number of carbonyl (C=O) groups excluding carboxylic acids is 2. The Labute approximate surface area is 155 Å². The van der Waals surface area contributed by atoms with Crippen molar-refractivity contribution >= 4 is 23.4 Å². The number of likely N-dealkylation sites (tertiary alicyclic amines) is 1. The molecule has 3 heterocycles. The molecule has 2 atom stereocenters. The van der Waals surface area contributed by atoms with Crippen LogP contribution in [0.4, 0.5) is 0 Å². The lowest BCUT2D eigenvalue weighted by atomic mass is 9.83. The molecule has 2 aliphatic heterocycles. The summed E-state index contributed by atoms with van der Waals surface area (Å²) in [6.45, 7) is 1.68. The van der Waals surface area contributed by atoms with Gasteiger partial charge in [0.2, 0.25) is 5.91 Å². The molecule has 0 spiro atoms. The maximum absolute atomic E-state index is 13.1. The van der Waals surface area contributed by atoms with Crippen molar-refractivity contribution in [2.75, 3.05) is 13.1 Å². The summed E-state index contributed by atoms with van der Waals surface area (Å²) in [5.74, 6) is -0.568. The van der Waals surface area contributed by atoms with E-state index in [0.29, 0.717) is 24.7 Å². The first-order valence-corrected chi connectivity index (χ1v) is 8.90. The van der Waals surface area contributed by atoms with Gasteiger partial charge in [-0.15, -0.1) is 0 Å². The van der Waals surface area contributed by atoms with Gasteiger partial charge in [-0.1, -0.05) is 17.7 Å². The maximum Gasteiger partial charge on any atom is 0.254 e. The van der Waals surface area contributed by atoms with Crippen molar-refractivity contribution < 1.29 is 9.59 Å². The SMILES string of the molecule is NC(=O)c1cc(Cl)ccc1C(=O)N1CC2CC(C1)c1cccc(=O)n1C2. The summed E-state index contributed by atoms with van der Waals surface area (Å²) in [5.41, 5.74) is 6.80. The van der Waals surface area contributed by atoms with Crippen LogP contribution in [0.25, 0.3) is 0 Å². The molecule has 2 aromatic rings. The van der Waals surface area contributed by atoms with Gasteiger partial charge < -0.3 is 15.2 Å². The van der Waals surface area contributed by atoms with Gasteiger partial charge in [0, 0.05) is 42.3 Å². The zero-order valence-corrected chi connectivity index (χ0v) is 14.8. The fourth-order valence-electron chi connectivity index (χ4n) is 4.14. The van der Waals surface area contributed by atoms with Gasteiger partial charge in [-0.3, -0.25) is 14.4 Å². The van der Waals surface area contributed by atoms with Gasteiger partial charge in [-0.05, 0) is 36.6 Å². The number of nitrogens with two attached hydrogens (primary N) is 1. The summed E-state index contributed by atoms with van der Waals surface area (Å²) in [6.07, 6.45) is 0.955. The number of benzene rings is 1. The van der Waals surface area contributed by atoms with Crippen molar-refractivity contribution in [1.29, 1.82) is 0 Å². The van der Waals surface area contributed by atoms with Crippen molar-refractivity contribution in [1.82, 2.24) is 9.47 Å². The van der Waals surface area contributed by atoms with Crippen LogP contribution in [0, 0.1) is 5.92 Å². The molecule has 2 N–H and O–H groups in total. The Hall–Kier alpha value is -2.60. The van der Waals surface area contributed by atoms with Crippen LogP contribution in [0.2, 0.25) is 5.02 Å². The zero-order valence-electron chi connectivity index (χ0n) is 14.0. The topological polar surface area (TPSA) is 85.4 Å². The minimum absolute atomic E-state index is 0.00527. The smallest absolute Gasteiger partial charge is 0.254 e. The Bertz CT molecular complexity index is 969. The maximum atomic E-state index is 13.1. The average molecular weight is 372 g/mol. The predicted octanol–water partition coefficient (Wildman–Crippen LogP) is 1.86. The highest BCUT2D eigenvalue weighted by atomic mass is 35.5. The van der Waals surface area contributed by atoms with E-state index >= 15 is 0 Å². The number of nitrogens with zero attached hydrogens (tertiary/aromatic N) is 2. The summed E-state index contributed by atoms with van der Waals surface area (Å²) in [7, 11) is 0. The standard InChI is InChI=1S/C19H18ClN3O3/c20-13-4-5-14(15(7-13)18(21)25)19(26)22-8-11-6-12(10-22)16-2-1-3-17(24)23(16)9-11/h1-5,7,11-12H,6,8-10H2,(H2,21,25). The van der Waals surface area contributed by atoms with Crippen molar-refractivity contribution in [3.63, 3.8) is 0 Å². The van der Waals surface area contributed by atoms with E-state index in [2.05, 4.69) is 0 Å². The lowest BCUT2D eigenvalue weighted by Crippen LogP contribution is -2.49. The lowest BCUT2D eigenvalue weighted by molar-refractivity contribution is 0.0591. The third-order valence-electron chi connectivity index (χ3n) is 5.24. The fourth-order valence-corrected chi connectivity index (χ4v) is 4.31. The lowest BCUT2D eigenvalue weighted by Gasteiger charge is -2.42. The molecule has 26 heavy (non-hydrogen) atoms. The van der Waals surface area contributed by atoms with Crippen molar-refractivity contribution in [3.05, 3.63) is 68.6 Å². The Kier molecular flexibility index (Phi) is 4.07. The molecule has 1 aromatic heterocycles. The second-order valence-corrected chi connectivity index (χ2v) is 7.40. The van der Waals surface area contributed by atoms with E-state index in [0.717, 1.165) is 12.1 Å². The highest BCUT2D eigenvalue weighted by Gasteiger charge is 2.37. The van der Waals surface area contributed by atoms with E-state index < -0.39 is 5.91 Å². The molecular weight excluding hydrogens is 354 g/mol. The normalized spacial score (nSPS) is 21.2. The van der Waals surface area contributed by atoms with Gasteiger partial charge in [-0.25, -0.2) is 0 Å².